The number of hydrogen-bond acceptors (Lipinski definition) is 0. The molecular weight excluding hydrogens is 132 g/mol. The van der Waals surface area contributed by atoms with Crippen LogP contribution in [0.5, 0.6) is 0 Å². The Bertz CT molecular complexity index is 144. The summed E-state index contributed by atoms with van der Waals surface area (Å²) in [6, 6.07) is 0. The first-order valence-corrected chi connectivity index (χ1v) is 4.96. The molecule has 0 spiro atoms. The molecule has 64 valence electrons. The van der Waals surface area contributed by atoms with Gasteiger partial charge in [-0.3, -0.25) is 0 Å². The first-order chi connectivity index (χ1) is 5.29. The van der Waals surface area contributed by atoms with E-state index in [0.29, 0.717) is 0 Å². The molecule has 0 heterocycles. The van der Waals surface area contributed by atoms with E-state index in [2.05, 4.69) is 26.8 Å². The van der Waals surface area contributed by atoms with Gasteiger partial charge in [-0.15, -0.1) is 0 Å². The van der Waals surface area contributed by atoms with E-state index in [-0.39, 0.29) is 0 Å². The molecule has 1 aliphatic rings. The molecule has 0 saturated carbocycles. The molecule has 0 amide bonds. The second kappa shape index (κ2) is 3.94. The molecule has 1 rings (SSSR count). The minimum atomic E-state index is 0.897. The van der Waals surface area contributed by atoms with Crippen molar-refractivity contribution in [3.8, 4) is 0 Å². The number of rotatable bonds is 2. The predicted octanol–water partition coefficient (Wildman–Crippen LogP) is 3.78. The molecule has 1 aliphatic carbocycles. The Balaban J connectivity index is 2.63. The van der Waals surface area contributed by atoms with Gasteiger partial charge < -0.3 is 0 Å². The van der Waals surface area contributed by atoms with Gasteiger partial charge in [-0.05, 0) is 38.0 Å². The fourth-order valence-electron chi connectivity index (χ4n) is 2.39. The summed E-state index contributed by atoms with van der Waals surface area (Å²) in [7, 11) is 0. The molecule has 0 N–H and O–H groups in total. The Morgan fingerprint density at radius 3 is 2.55 bits per heavy atom. The van der Waals surface area contributed by atoms with Crippen molar-refractivity contribution in [3.63, 3.8) is 0 Å². The molecule has 0 radical (unpaired) electrons. The van der Waals surface area contributed by atoms with Gasteiger partial charge in [-0.2, -0.15) is 0 Å². The fourth-order valence-corrected chi connectivity index (χ4v) is 2.39. The summed E-state index contributed by atoms with van der Waals surface area (Å²) in [5.41, 5.74) is 1.64. The molecule has 0 heteroatoms. The van der Waals surface area contributed by atoms with Crippen LogP contribution < -0.4 is 0 Å². The van der Waals surface area contributed by atoms with Crippen LogP contribution in [-0.4, -0.2) is 0 Å². The summed E-state index contributed by atoms with van der Waals surface area (Å²) in [6.45, 7) is 6.94. The van der Waals surface area contributed by atoms with Crippen LogP contribution in [0, 0.1) is 11.8 Å². The maximum absolute atomic E-state index is 2.43. The lowest BCUT2D eigenvalue weighted by Gasteiger charge is -2.29. The topological polar surface area (TPSA) is 0 Å². The van der Waals surface area contributed by atoms with Gasteiger partial charge in [0.05, 0.1) is 0 Å². The van der Waals surface area contributed by atoms with Gasteiger partial charge in [0.25, 0.3) is 0 Å². The Morgan fingerprint density at radius 2 is 2.09 bits per heavy atom. The van der Waals surface area contributed by atoms with Gasteiger partial charge in [0.1, 0.15) is 0 Å². The quantitative estimate of drug-likeness (QED) is 0.528. The van der Waals surface area contributed by atoms with Crippen molar-refractivity contribution >= 4 is 0 Å². The van der Waals surface area contributed by atoms with Crippen LogP contribution in [0.4, 0.5) is 0 Å². The van der Waals surface area contributed by atoms with Crippen molar-refractivity contribution in [2.75, 3.05) is 0 Å². The lowest BCUT2D eigenvalue weighted by Crippen LogP contribution is -2.17. The average molecular weight is 152 g/mol. The van der Waals surface area contributed by atoms with Gasteiger partial charge in [0, 0.05) is 0 Å². The van der Waals surface area contributed by atoms with Crippen LogP contribution in [0.3, 0.4) is 0 Å². The Morgan fingerprint density at radius 1 is 1.36 bits per heavy atom. The highest BCUT2D eigenvalue weighted by atomic mass is 14.3. The molecule has 0 bridgehead atoms. The minimum absolute atomic E-state index is 0.897. The number of hydrogen-bond donors (Lipinski definition) is 0. The third kappa shape index (κ3) is 1.85. The summed E-state index contributed by atoms with van der Waals surface area (Å²) in [4.78, 5) is 0. The number of allylic oxidation sites excluding steroid dienone is 2. The normalized spacial score (nSPS) is 31.7. The van der Waals surface area contributed by atoms with Crippen LogP contribution >= 0.6 is 0 Å². The summed E-state index contributed by atoms with van der Waals surface area (Å²) >= 11 is 0. The van der Waals surface area contributed by atoms with Gasteiger partial charge in [0.2, 0.25) is 0 Å². The van der Waals surface area contributed by atoms with Gasteiger partial charge >= 0.3 is 0 Å². The van der Waals surface area contributed by atoms with Crippen molar-refractivity contribution in [1.82, 2.24) is 0 Å². The maximum atomic E-state index is 2.43. The van der Waals surface area contributed by atoms with Gasteiger partial charge in [-0.25, -0.2) is 0 Å². The second-order valence-electron chi connectivity index (χ2n) is 3.71. The zero-order chi connectivity index (χ0) is 8.27. The van der Waals surface area contributed by atoms with Crippen LogP contribution in [0.1, 0.15) is 46.5 Å². The lowest BCUT2D eigenvalue weighted by atomic mass is 9.76. The summed E-state index contributed by atoms with van der Waals surface area (Å²) in [6.07, 6.45) is 7.87. The van der Waals surface area contributed by atoms with Crippen LogP contribution in [0.2, 0.25) is 0 Å². The van der Waals surface area contributed by atoms with Crippen molar-refractivity contribution in [3.05, 3.63) is 11.6 Å². The highest BCUT2D eigenvalue weighted by Crippen LogP contribution is 2.34. The first-order valence-electron chi connectivity index (χ1n) is 4.96. The maximum Gasteiger partial charge on any atom is -0.0180 e. The molecule has 0 aromatic rings. The first kappa shape index (κ1) is 8.83. The second-order valence-corrected chi connectivity index (χ2v) is 3.71. The monoisotopic (exact) mass is 152 g/mol. The molecule has 2 unspecified atom stereocenters. The highest BCUT2D eigenvalue weighted by molar-refractivity contribution is 5.08. The zero-order valence-corrected chi connectivity index (χ0v) is 8.06. The van der Waals surface area contributed by atoms with E-state index in [9.17, 15) is 0 Å². The molecule has 0 aliphatic heterocycles. The summed E-state index contributed by atoms with van der Waals surface area (Å²) in [5.74, 6) is 1.87. The Kier molecular flexibility index (Phi) is 3.16. The average Bonchev–Trinajstić information content (AvgIpc) is 2.04. The standard InChI is InChI=1S/C11H20/c1-4-10-8-6-7-9(3)11(10)5-2/h7,10-11H,4-6,8H2,1-3H3. The highest BCUT2D eigenvalue weighted by Gasteiger charge is 2.21. The molecule has 0 saturated heterocycles. The van der Waals surface area contributed by atoms with Crippen molar-refractivity contribution in [1.29, 1.82) is 0 Å². The molecule has 0 aromatic heterocycles. The van der Waals surface area contributed by atoms with Crippen LogP contribution in [-0.2, 0) is 0 Å². The van der Waals surface area contributed by atoms with Crippen LogP contribution in [0.25, 0.3) is 0 Å². The summed E-state index contributed by atoms with van der Waals surface area (Å²) < 4.78 is 0. The smallest absolute Gasteiger partial charge is 0.0180 e. The fraction of sp³-hybridized carbons (Fsp3) is 0.818. The molecule has 0 aromatic carbocycles. The molecule has 0 fully saturated rings. The SMILES string of the molecule is CCC1CCC=C(C)C1CC. The summed E-state index contributed by atoms with van der Waals surface area (Å²) in [5, 5.41) is 0. The largest absolute Gasteiger partial charge is 0.0853 e. The molecule has 2 atom stereocenters. The van der Waals surface area contributed by atoms with E-state index in [0.717, 1.165) is 11.8 Å². The molecule has 0 nitrogen and oxygen atoms in total. The minimum Gasteiger partial charge on any atom is -0.0853 e. The Labute approximate surface area is 70.7 Å². The van der Waals surface area contributed by atoms with Crippen molar-refractivity contribution < 1.29 is 0 Å². The third-order valence-corrected chi connectivity index (χ3v) is 3.12. The van der Waals surface area contributed by atoms with Crippen molar-refractivity contribution in [2.24, 2.45) is 11.8 Å². The van der Waals surface area contributed by atoms with Gasteiger partial charge in [0.15, 0.2) is 0 Å². The van der Waals surface area contributed by atoms with Crippen LogP contribution in [0.15, 0.2) is 11.6 Å². The van der Waals surface area contributed by atoms with Crippen molar-refractivity contribution in [2.45, 2.75) is 46.5 Å². The molecule has 11 heavy (non-hydrogen) atoms. The molecular formula is C11H20. The Hall–Kier alpha value is -0.260. The zero-order valence-electron chi connectivity index (χ0n) is 8.06. The van der Waals surface area contributed by atoms with Gasteiger partial charge in [-0.1, -0.05) is 31.9 Å². The van der Waals surface area contributed by atoms with E-state index in [1.807, 2.05) is 0 Å². The predicted molar refractivity (Wildman–Crippen MR) is 50.6 cm³/mol. The van der Waals surface area contributed by atoms with E-state index in [4.69, 9.17) is 0 Å². The van der Waals surface area contributed by atoms with E-state index in [1.54, 1.807) is 5.57 Å². The third-order valence-electron chi connectivity index (χ3n) is 3.12. The van der Waals surface area contributed by atoms with E-state index in [1.165, 1.54) is 25.7 Å². The van der Waals surface area contributed by atoms with E-state index < -0.39 is 0 Å². The van der Waals surface area contributed by atoms with E-state index >= 15 is 0 Å². The lowest BCUT2D eigenvalue weighted by molar-refractivity contribution is 0.320.